The smallest absolute Gasteiger partial charge is 0.101 e. The SMILES string of the molecule is N#Cc1ccc(Br)cc1NCC1CCCCN1. The minimum absolute atomic E-state index is 0.522. The number of nitriles is 1. The molecule has 0 bridgehead atoms. The molecule has 0 saturated carbocycles. The summed E-state index contributed by atoms with van der Waals surface area (Å²) in [5.74, 6) is 0. The third-order valence-corrected chi connectivity index (χ3v) is 3.55. The summed E-state index contributed by atoms with van der Waals surface area (Å²) in [7, 11) is 0. The van der Waals surface area contributed by atoms with E-state index in [0.717, 1.165) is 23.2 Å². The molecule has 1 heterocycles. The highest BCUT2D eigenvalue weighted by Gasteiger charge is 2.12. The van der Waals surface area contributed by atoms with Gasteiger partial charge in [0.2, 0.25) is 0 Å². The highest BCUT2D eigenvalue weighted by atomic mass is 79.9. The van der Waals surface area contributed by atoms with Crippen molar-refractivity contribution >= 4 is 21.6 Å². The average Bonchev–Trinajstić information content (AvgIpc) is 2.38. The summed E-state index contributed by atoms with van der Waals surface area (Å²) in [4.78, 5) is 0. The minimum Gasteiger partial charge on any atom is -0.382 e. The van der Waals surface area contributed by atoms with Gasteiger partial charge in [-0.1, -0.05) is 22.4 Å². The first kappa shape index (κ1) is 12.4. The highest BCUT2D eigenvalue weighted by molar-refractivity contribution is 9.10. The molecule has 3 nitrogen and oxygen atoms in total. The van der Waals surface area contributed by atoms with E-state index in [-0.39, 0.29) is 0 Å². The molecule has 17 heavy (non-hydrogen) atoms. The van der Waals surface area contributed by atoms with E-state index in [0.29, 0.717) is 11.6 Å². The van der Waals surface area contributed by atoms with Crippen molar-refractivity contribution in [2.45, 2.75) is 25.3 Å². The zero-order valence-electron chi connectivity index (χ0n) is 9.67. The number of halogens is 1. The van der Waals surface area contributed by atoms with Crippen LogP contribution in [0.4, 0.5) is 5.69 Å². The van der Waals surface area contributed by atoms with Crippen molar-refractivity contribution in [2.75, 3.05) is 18.4 Å². The Morgan fingerprint density at radius 2 is 2.35 bits per heavy atom. The second-order valence-corrected chi connectivity index (χ2v) is 5.25. The van der Waals surface area contributed by atoms with Crippen LogP contribution in [0.3, 0.4) is 0 Å². The number of rotatable bonds is 3. The van der Waals surface area contributed by atoms with Crippen LogP contribution in [0.1, 0.15) is 24.8 Å². The molecule has 4 heteroatoms. The topological polar surface area (TPSA) is 47.9 Å². The lowest BCUT2D eigenvalue weighted by Crippen LogP contribution is -2.39. The first-order valence-electron chi connectivity index (χ1n) is 5.96. The third kappa shape index (κ3) is 3.45. The number of benzene rings is 1. The molecule has 1 saturated heterocycles. The van der Waals surface area contributed by atoms with E-state index in [1.54, 1.807) is 0 Å². The molecule has 1 atom stereocenters. The number of nitrogens with zero attached hydrogens (tertiary/aromatic N) is 1. The van der Waals surface area contributed by atoms with Crippen molar-refractivity contribution < 1.29 is 0 Å². The number of anilines is 1. The van der Waals surface area contributed by atoms with E-state index in [1.165, 1.54) is 19.3 Å². The highest BCUT2D eigenvalue weighted by Crippen LogP contribution is 2.21. The fourth-order valence-corrected chi connectivity index (χ4v) is 2.45. The van der Waals surface area contributed by atoms with Crippen molar-refractivity contribution in [3.05, 3.63) is 28.2 Å². The van der Waals surface area contributed by atoms with Crippen LogP contribution in [-0.4, -0.2) is 19.1 Å². The van der Waals surface area contributed by atoms with E-state index >= 15 is 0 Å². The Labute approximate surface area is 110 Å². The van der Waals surface area contributed by atoms with Crippen molar-refractivity contribution in [3.8, 4) is 6.07 Å². The molecule has 0 aliphatic carbocycles. The predicted octanol–water partition coefficient (Wildman–Crippen LogP) is 2.87. The van der Waals surface area contributed by atoms with Gasteiger partial charge in [-0.3, -0.25) is 0 Å². The predicted molar refractivity (Wildman–Crippen MR) is 73.0 cm³/mol. The Morgan fingerprint density at radius 1 is 1.47 bits per heavy atom. The standard InChI is InChI=1S/C13H16BrN3/c14-11-5-4-10(8-15)13(7-11)17-9-12-3-1-2-6-16-12/h4-5,7,12,16-17H,1-3,6,9H2. The van der Waals surface area contributed by atoms with Crippen molar-refractivity contribution in [1.29, 1.82) is 5.26 Å². The van der Waals surface area contributed by atoms with Crippen LogP contribution < -0.4 is 10.6 Å². The monoisotopic (exact) mass is 293 g/mol. The van der Waals surface area contributed by atoms with Gasteiger partial charge in [-0.15, -0.1) is 0 Å². The largest absolute Gasteiger partial charge is 0.382 e. The first-order chi connectivity index (χ1) is 8.29. The number of hydrogen-bond donors (Lipinski definition) is 2. The summed E-state index contributed by atoms with van der Waals surface area (Å²) in [6.45, 7) is 1.99. The Hall–Kier alpha value is -1.05. The van der Waals surface area contributed by atoms with Crippen LogP contribution >= 0.6 is 15.9 Å². The lowest BCUT2D eigenvalue weighted by atomic mass is 10.0. The summed E-state index contributed by atoms with van der Waals surface area (Å²) in [5, 5.41) is 15.9. The van der Waals surface area contributed by atoms with Gasteiger partial charge in [0.25, 0.3) is 0 Å². The maximum Gasteiger partial charge on any atom is 0.101 e. The third-order valence-electron chi connectivity index (χ3n) is 3.05. The van der Waals surface area contributed by atoms with Crippen molar-refractivity contribution in [1.82, 2.24) is 5.32 Å². The molecule has 0 radical (unpaired) electrons. The molecule has 1 aromatic rings. The van der Waals surface area contributed by atoms with E-state index in [9.17, 15) is 0 Å². The van der Waals surface area contributed by atoms with Crippen LogP contribution in [0.25, 0.3) is 0 Å². The molecule has 1 aromatic carbocycles. The lowest BCUT2D eigenvalue weighted by Gasteiger charge is -2.24. The van der Waals surface area contributed by atoms with Crippen molar-refractivity contribution in [2.24, 2.45) is 0 Å². The quantitative estimate of drug-likeness (QED) is 0.901. The normalized spacial score (nSPS) is 19.6. The summed E-state index contributed by atoms with van der Waals surface area (Å²) in [5.41, 5.74) is 1.61. The molecule has 90 valence electrons. The van der Waals surface area contributed by atoms with Gasteiger partial charge in [-0.2, -0.15) is 5.26 Å². The van der Waals surface area contributed by atoms with Crippen LogP contribution in [0.2, 0.25) is 0 Å². The number of nitrogens with one attached hydrogen (secondary N) is 2. The van der Waals surface area contributed by atoms with Gasteiger partial charge in [0.05, 0.1) is 11.3 Å². The van der Waals surface area contributed by atoms with Crippen LogP contribution in [0.5, 0.6) is 0 Å². The van der Waals surface area contributed by atoms with E-state index < -0.39 is 0 Å². The zero-order chi connectivity index (χ0) is 12.1. The molecular formula is C13H16BrN3. The maximum absolute atomic E-state index is 9.03. The van der Waals surface area contributed by atoms with Crippen molar-refractivity contribution in [3.63, 3.8) is 0 Å². The fraction of sp³-hybridized carbons (Fsp3) is 0.462. The Kier molecular flexibility index (Phi) is 4.41. The fourth-order valence-electron chi connectivity index (χ4n) is 2.09. The summed E-state index contributed by atoms with van der Waals surface area (Å²) in [6, 6.07) is 8.41. The van der Waals surface area contributed by atoms with Gasteiger partial charge in [0.1, 0.15) is 6.07 Å². The molecular weight excluding hydrogens is 278 g/mol. The van der Waals surface area contributed by atoms with Crippen LogP contribution in [0.15, 0.2) is 22.7 Å². The zero-order valence-corrected chi connectivity index (χ0v) is 11.3. The van der Waals surface area contributed by atoms with Gasteiger partial charge in [-0.05, 0) is 37.6 Å². The van der Waals surface area contributed by atoms with E-state index in [2.05, 4.69) is 32.6 Å². The van der Waals surface area contributed by atoms with Gasteiger partial charge in [-0.25, -0.2) is 0 Å². The second kappa shape index (κ2) is 6.04. The van der Waals surface area contributed by atoms with Gasteiger partial charge < -0.3 is 10.6 Å². The van der Waals surface area contributed by atoms with Gasteiger partial charge in [0, 0.05) is 17.1 Å². The Balaban J connectivity index is 1.98. The van der Waals surface area contributed by atoms with Crippen LogP contribution in [-0.2, 0) is 0 Å². The Morgan fingerprint density at radius 3 is 3.06 bits per heavy atom. The Bertz CT molecular complexity index is 419. The molecule has 0 spiro atoms. The molecule has 1 unspecified atom stereocenters. The molecule has 2 rings (SSSR count). The second-order valence-electron chi connectivity index (χ2n) is 4.33. The molecule has 0 aromatic heterocycles. The average molecular weight is 294 g/mol. The van der Waals surface area contributed by atoms with E-state index in [1.807, 2.05) is 18.2 Å². The number of piperidine rings is 1. The van der Waals surface area contributed by atoms with Crippen LogP contribution in [0, 0.1) is 11.3 Å². The minimum atomic E-state index is 0.522. The lowest BCUT2D eigenvalue weighted by molar-refractivity contribution is 0.414. The molecule has 1 aliphatic heterocycles. The maximum atomic E-state index is 9.03. The molecule has 1 fully saturated rings. The summed E-state index contributed by atoms with van der Waals surface area (Å²) in [6.07, 6.45) is 3.78. The number of hydrogen-bond acceptors (Lipinski definition) is 3. The first-order valence-corrected chi connectivity index (χ1v) is 6.76. The molecule has 1 aliphatic rings. The molecule has 0 amide bonds. The summed E-state index contributed by atoms with van der Waals surface area (Å²) >= 11 is 3.43. The summed E-state index contributed by atoms with van der Waals surface area (Å²) < 4.78 is 0.996. The van der Waals surface area contributed by atoms with Gasteiger partial charge in [0.15, 0.2) is 0 Å². The molecule has 2 N–H and O–H groups in total. The van der Waals surface area contributed by atoms with Gasteiger partial charge >= 0.3 is 0 Å². The van der Waals surface area contributed by atoms with E-state index in [4.69, 9.17) is 5.26 Å².